The number of rotatable bonds is 12. The summed E-state index contributed by atoms with van der Waals surface area (Å²) in [6.07, 6.45) is 4.97. The number of fused-ring (bicyclic) bond motifs is 1. The van der Waals surface area contributed by atoms with Crippen LogP contribution in [0.15, 0.2) is 42.1 Å². The SMILES string of the molecule is CCCCCOc1ccc(C2C(=C(O)c3nc4c(C)cccn4c3C)C(=O)C(=O)N2CCN(C)C)cc1OCC. The lowest BCUT2D eigenvalue weighted by atomic mass is 9.96. The first-order chi connectivity index (χ1) is 19.2. The predicted molar refractivity (Wildman–Crippen MR) is 155 cm³/mol. The molecule has 4 rings (SSSR count). The van der Waals surface area contributed by atoms with E-state index in [-0.39, 0.29) is 17.0 Å². The Labute approximate surface area is 236 Å². The molecule has 0 bridgehead atoms. The number of ether oxygens (including phenoxy) is 2. The van der Waals surface area contributed by atoms with E-state index in [0.29, 0.717) is 54.7 Å². The van der Waals surface area contributed by atoms with Crippen LogP contribution in [0.1, 0.15) is 61.7 Å². The second-order valence-corrected chi connectivity index (χ2v) is 10.4. The Balaban J connectivity index is 1.85. The molecule has 1 saturated heterocycles. The van der Waals surface area contributed by atoms with Crippen molar-refractivity contribution in [3.8, 4) is 11.5 Å². The maximum Gasteiger partial charge on any atom is 0.295 e. The third kappa shape index (κ3) is 5.70. The number of aliphatic hydroxyl groups is 1. The van der Waals surface area contributed by atoms with Crippen LogP contribution in [0, 0.1) is 13.8 Å². The summed E-state index contributed by atoms with van der Waals surface area (Å²) < 4.78 is 13.8. The van der Waals surface area contributed by atoms with Gasteiger partial charge >= 0.3 is 0 Å². The van der Waals surface area contributed by atoms with Crippen LogP contribution in [-0.2, 0) is 9.59 Å². The second-order valence-electron chi connectivity index (χ2n) is 10.4. The highest BCUT2D eigenvalue weighted by Crippen LogP contribution is 2.42. The van der Waals surface area contributed by atoms with Crippen molar-refractivity contribution in [1.29, 1.82) is 0 Å². The number of unbranched alkanes of at least 4 members (excludes halogenated alkanes) is 2. The van der Waals surface area contributed by atoms with Gasteiger partial charge in [0.15, 0.2) is 17.3 Å². The van der Waals surface area contributed by atoms with Gasteiger partial charge in [0.25, 0.3) is 11.7 Å². The number of likely N-dealkylation sites (N-methyl/N-ethyl adjacent to an activating group) is 1. The molecule has 214 valence electrons. The molecule has 1 aliphatic rings. The van der Waals surface area contributed by atoms with E-state index >= 15 is 0 Å². The molecule has 0 saturated carbocycles. The van der Waals surface area contributed by atoms with Crippen LogP contribution < -0.4 is 9.47 Å². The topological polar surface area (TPSA) is 96.6 Å². The van der Waals surface area contributed by atoms with Crippen LogP contribution >= 0.6 is 0 Å². The predicted octanol–water partition coefficient (Wildman–Crippen LogP) is 4.90. The van der Waals surface area contributed by atoms with Crippen LogP contribution in [0.4, 0.5) is 0 Å². The summed E-state index contributed by atoms with van der Waals surface area (Å²) in [4.78, 5) is 35.0. The average molecular weight is 549 g/mol. The molecule has 9 heteroatoms. The van der Waals surface area contributed by atoms with Crippen LogP contribution in [0.25, 0.3) is 11.4 Å². The maximum absolute atomic E-state index is 13.5. The standard InChI is InChI=1S/C31H40N4O5/c1-7-9-10-18-40-23-14-13-22(19-24(23)39-8-2)27-25(29(37)31(38)35(27)17-16-33(5)6)28(36)26-21(4)34-15-11-12-20(3)30(34)32-26/h11-15,19,27,36H,7-10,16-18H2,1-6H3. The molecular weight excluding hydrogens is 508 g/mol. The van der Waals surface area contributed by atoms with E-state index < -0.39 is 17.7 Å². The monoisotopic (exact) mass is 548 g/mol. The molecule has 1 amide bonds. The Morgan fingerprint density at radius 1 is 1.07 bits per heavy atom. The fourth-order valence-electron chi connectivity index (χ4n) is 5.06. The fraction of sp³-hybridized carbons (Fsp3) is 0.452. The van der Waals surface area contributed by atoms with Crippen LogP contribution in [0.5, 0.6) is 11.5 Å². The van der Waals surface area contributed by atoms with Gasteiger partial charge in [-0.05, 0) is 70.6 Å². The molecule has 1 aliphatic heterocycles. The molecule has 1 N–H and O–H groups in total. The Hall–Kier alpha value is -3.85. The first-order valence-electron chi connectivity index (χ1n) is 14.0. The summed E-state index contributed by atoms with van der Waals surface area (Å²) in [6.45, 7) is 9.66. The summed E-state index contributed by atoms with van der Waals surface area (Å²) in [6, 6.07) is 8.50. The number of amides is 1. The van der Waals surface area contributed by atoms with E-state index in [0.717, 1.165) is 24.8 Å². The summed E-state index contributed by atoms with van der Waals surface area (Å²) in [5.41, 5.74) is 3.26. The zero-order chi connectivity index (χ0) is 29.0. The van der Waals surface area contributed by atoms with Gasteiger partial charge < -0.3 is 28.8 Å². The molecule has 0 aliphatic carbocycles. The first kappa shape index (κ1) is 29.1. The number of imidazole rings is 1. The van der Waals surface area contributed by atoms with Crippen LogP contribution in [0.3, 0.4) is 0 Å². The number of aryl methyl sites for hydroxylation is 2. The van der Waals surface area contributed by atoms with Gasteiger partial charge in [-0.15, -0.1) is 0 Å². The Bertz CT molecular complexity index is 1420. The number of carbonyl (C=O) groups is 2. The largest absolute Gasteiger partial charge is 0.505 e. The molecule has 1 fully saturated rings. The minimum atomic E-state index is -0.807. The van der Waals surface area contributed by atoms with E-state index in [1.807, 2.05) is 80.7 Å². The second kappa shape index (κ2) is 12.6. The van der Waals surface area contributed by atoms with Gasteiger partial charge in [0.1, 0.15) is 11.3 Å². The first-order valence-corrected chi connectivity index (χ1v) is 14.0. The Morgan fingerprint density at radius 3 is 2.52 bits per heavy atom. The van der Waals surface area contributed by atoms with Gasteiger partial charge in [-0.1, -0.05) is 31.9 Å². The van der Waals surface area contributed by atoms with Crippen molar-refractivity contribution < 1.29 is 24.2 Å². The number of ketones is 1. The highest BCUT2D eigenvalue weighted by atomic mass is 16.5. The molecule has 3 aromatic rings. The normalized spacial score (nSPS) is 16.9. The molecule has 0 spiro atoms. The lowest BCUT2D eigenvalue weighted by molar-refractivity contribution is -0.140. The highest BCUT2D eigenvalue weighted by Gasteiger charge is 2.46. The summed E-state index contributed by atoms with van der Waals surface area (Å²) in [5, 5.41) is 11.6. The number of benzene rings is 1. The van der Waals surface area contributed by atoms with Gasteiger partial charge in [-0.2, -0.15) is 0 Å². The summed E-state index contributed by atoms with van der Waals surface area (Å²) in [5.74, 6) is -0.516. The van der Waals surface area contributed by atoms with Gasteiger partial charge in [0.05, 0.1) is 30.5 Å². The van der Waals surface area contributed by atoms with Gasteiger partial charge in [-0.3, -0.25) is 9.59 Å². The molecule has 2 aromatic heterocycles. The molecule has 1 unspecified atom stereocenters. The number of aromatic nitrogens is 2. The quantitative estimate of drug-likeness (QED) is 0.149. The number of carbonyl (C=O) groups excluding carboxylic acids is 2. The third-order valence-corrected chi connectivity index (χ3v) is 7.23. The van der Waals surface area contributed by atoms with Crippen molar-refractivity contribution in [3.05, 3.63) is 64.6 Å². The van der Waals surface area contributed by atoms with Gasteiger partial charge in [0, 0.05) is 19.3 Å². The van der Waals surface area contributed by atoms with Crippen molar-refractivity contribution in [2.24, 2.45) is 0 Å². The minimum Gasteiger partial charge on any atom is -0.505 e. The van der Waals surface area contributed by atoms with Crippen molar-refractivity contribution in [3.63, 3.8) is 0 Å². The average Bonchev–Trinajstić information content (AvgIpc) is 3.40. The van der Waals surface area contributed by atoms with Crippen molar-refractivity contribution in [2.45, 2.75) is 53.0 Å². The molecule has 1 aromatic carbocycles. The number of nitrogens with zero attached hydrogens (tertiary/aromatic N) is 4. The minimum absolute atomic E-state index is 0.0203. The molecule has 9 nitrogen and oxygen atoms in total. The Morgan fingerprint density at radius 2 is 1.85 bits per heavy atom. The number of hydrogen-bond acceptors (Lipinski definition) is 7. The maximum atomic E-state index is 13.5. The van der Waals surface area contributed by atoms with Gasteiger partial charge in [-0.25, -0.2) is 4.98 Å². The van der Waals surface area contributed by atoms with E-state index in [9.17, 15) is 14.7 Å². The summed E-state index contributed by atoms with van der Waals surface area (Å²) in [7, 11) is 3.82. The molecule has 1 atom stereocenters. The highest BCUT2D eigenvalue weighted by molar-refractivity contribution is 6.46. The fourth-order valence-corrected chi connectivity index (χ4v) is 5.06. The van der Waals surface area contributed by atoms with E-state index in [1.165, 1.54) is 4.90 Å². The number of Topliss-reactive ketones (excluding diaryl/α,β-unsaturated/α-hetero) is 1. The number of pyridine rings is 1. The Kier molecular flexibility index (Phi) is 9.14. The van der Waals surface area contributed by atoms with Crippen molar-refractivity contribution in [1.82, 2.24) is 19.2 Å². The van der Waals surface area contributed by atoms with E-state index in [4.69, 9.17) is 9.47 Å². The zero-order valence-electron chi connectivity index (χ0n) is 24.4. The van der Waals surface area contributed by atoms with E-state index in [2.05, 4.69) is 11.9 Å². The van der Waals surface area contributed by atoms with Crippen LogP contribution in [-0.4, -0.2) is 76.4 Å². The van der Waals surface area contributed by atoms with E-state index in [1.54, 1.807) is 0 Å². The number of likely N-dealkylation sites (tertiary alicyclic amines) is 1. The van der Waals surface area contributed by atoms with Crippen LogP contribution in [0.2, 0.25) is 0 Å². The smallest absolute Gasteiger partial charge is 0.295 e. The molecule has 3 heterocycles. The molecular formula is C31H40N4O5. The molecule has 40 heavy (non-hydrogen) atoms. The molecule has 0 radical (unpaired) electrons. The summed E-state index contributed by atoms with van der Waals surface area (Å²) >= 11 is 0. The van der Waals surface area contributed by atoms with Crippen molar-refractivity contribution in [2.75, 3.05) is 40.4 Å². The van der Waals surface area contributed by atoms with Gasteiger partial charge in [0.2, 0.25) is 0 Å². The lowest BCUT2D eigenvalue weighted by Crippen LogP contribution is -2.35. The third-order valence-electron chi connectivity index (χ3n) is 7.23. The zero-order valence-corrected chi connectivity index (χ0v) is 24.4. The lowest BCUT2D eigenvalue weighted by Gasteiger charge is -2.27. The number of hydrogen-bond donors (Lipinski definition) is 1. The van der Waals surface area contributed by atoms with Crippen molar-refractivity contribution >= 4 is 23.1 Å². The number of aliphatic hydroxyl groups excluding tert-OH is 1.